The summed E-state index contributed by atoms with van der Waals surface area (Å²) in [5.41, 5.74) is -0.763. The zero-order chi connectivity index (χ0) is 18.2. The normalized spacial score (nSPS) is 26.6. The van der Waals surface area contributed by atoms with Crippen molar-refractivity contribution in [2.24, 2.45) is 11.8 Å². The summed E-state index contributed by atoms with van der Waals surface area (Å²) in [5, 5.41) is 8.07. The van der Waals surface area contributed by atoms with E-state index in [2.05, 4.69) is 16.0 Å². The van der Waals surface area contributed by atoms with E-state index in [1.165, 1.54) is 0 Å². The van der Waals surface area contributed by atoms with Gasteiger partial charge < -0.3 is 16.0 Å². The average Bonchev–Trinajstić information content (AvgIpc) is 2.54. The van der Waals surface area contributed by atoms with E-state index in [-0.39, 0.29) is 11.7 Å². The molecule has 0 aliphatic carbocycles. The average molecular weight is 355 g/mol. The molecule has 2 saturated heterocycles. The molecular weight excluding hydrogens is 339 g/mol. The molecule has 134 valence electrons. The molecule has 2 fully saturated rings. The minimum atomic E-state index is -4.48. The molecule has 2 amide bonds. The summed E-state index contributed by atoms with van der Waals surface area (Å²) in [6.45, 7) is 1.09. The summed E-state index contributed by atoms with van der Waals surface area (Å²) in [7, 11) is 0. The highest BCUT2D eigenvalue weighted by atomic mass is 19.4. The first kappa shape index (κ1) is 17.4. The fourth-order valence-electron chi connectivity index (χ4n) is 3.17. The van der Waals surface area contributed by atoms with Gasteiger partial charge in [0.1, 0.15) is 0 Å². The Hall–Kier alpha value is -2.42. The van der Waals surface area contributed by atoms with E-state index >= 15 is 0 Å². The van der Waals surface area contributed by atoms with Crippen LogP contribution in [0, 0.1) is 11.8 Å². The van der Waals surface area contributed by atoms with E-state index in [0.717, 1.165) is 24.3 Å². The number of halogens is 3. The van der Waals surface area contributed by atoms with Crippen molar-refractivity contribution in [3.8, 4) is 0 Å². The number of benzene rings is 1. The van der Waals surface area contributed by atoms with Crippen molar-refractivity contribution >= 4 is 23.3 Å². The van der Waals surface area contributed by atoms with Crippen LogP contribution in [0.4, 0.5) is 18.9 Å². The number of Topliss-reactive ketones (excluding diaryl/α,β-unsaturated/α-hetero) is 1. The maximum absolute atomic E-state index is 12.5. The number of anilines is 1. The van der Waals surface area contributed by atoms with Crippen LogP contribution in [0.25, 0.3) is 0 Å². The third kappa shape index (κ3) is 3.51. The summed E-state index contributed by atoms with van der Waals surface area (Å²) >= 11 is 0. The van der Waals surface area contributed by atoms with Crippen LogP contribution in [0.3, 0.4) is 0 Å². The first-order valence-electron chi connectivity index (χ1n) is 7.80. The third-order valence-electron chi connectivity index (χ3n) is 4.46. The lowest BCUT2D eigenvalue weighted by molar-refractivity contribution is -0.147. The number of hydrogen-bond acceptors (Lipinski definition) is 4. The molecule has 25 heavy (non-hydrogen) atoms. The third-order valence-corrected chi connectivity index (χ3v) is 4.46. The van der Waals surface area contributed by atoms with Gasteiger partial charge in [-0.2, -0.15) is 13.2 Å². The molecule has 0 spiro atoms. The highest BCUT2D eigenvalue weighted by Gasteiger charge is 2.47. The second kappa shape index (κ2) is 6.47. The Kier molecular flexibility index (Phi) is 4.51. The molecule has 0 saturated carbocycles. The van der Waals surface area contributed by atoms with Gasteiger partial charge in [0, 0.05) is 18.2 Å². The zero-order valence-corrected chi connectivity index (χ0v) is 13.0. The number of carbonyl (C=O) groups excluding carboxylic acids is 3. The van der Waals surface area contributed by atoms with Crippen molar-refractivity contribution < 1.29 is 27.6 Å². The highest BCUT2D eigenvalue weighted by molar-refractivity contribution is 6.23. The molecule has 6 nitrogen and oxygen atoms in total. The smallest absolute Gasteiger partial charge is 0.350 e. The van der Waals surface area contributed by atoms with Crippen LogP contribution in [0.15, 0.2) is 24.3 Å². The number of amides is 2. The number of carbonyl (C=O) groups is 3. The zero-order valence-electron chi connectivity index (χ0n) is 13.0. The predicted octanol–water partition coefficient (Wildman–Crippen LogP) is 0.937. The number of alkyl halides is 3. The summed E-state index contributed by atoms with van der Waals surface area (Å²) in [6, 6.07) is 3.48. The molecule has 3 unspecified atom stereocenters. The summed E-state index contributed by atoms with van der Waals surface area (Å²) in [4.78, 5) is 36.9. The quantitative estimate of drug-likeness (QED) is 0.689. The lowest BCUT2D eigenvalue weighted by Gasteiger charge is -2.37. The van der Waals surface area contributed by atoms with Gasteiger partial charge in [0.15, 0.2) is 11.7 Å². The fourth-order valence-corrected chi connectivity index (χ4v) is 3.17. The van der Waals surface area contributed by atoms with Gasteiger partial charge in [-0.25, -0.2) is 0 Å². The van der Waals surface area contributed by atoms with Crippen LogP contribution in [-0.4, -0.2) is 36.7 Å². The van der Waals surface area contributed by atoms with E-state index in [9.17, 15) is 27.6 Å². The minimum Gasteiger partial charge on any atom is -0.350 e. The maximum Gasteiger partial charge on any atom is 0.416 e. The highest BCUT2D eigenvalue weighted by Crippen LogP contribution is 2.30. The van der Waals surface area contributed by atoms with Crippen molar-refractivity contribution in [3.05, 3.63) is 29.8 Å². The van der Waals surface area contributed by atoms with Gasteiger partial charge in [0.05, 0.1) is 11.6 Å². The Labute approximate surface area is 141 Å². The first-order valence-corrected chi connectivity index (χ1v) is 7.80. The van der Waals surface area contributed by atoms with Gasteiger partial charge >= 0.3 is 6.18 Å². The van der Waals surface area contributed by atoms with E-state index in [1.807, 2.05) is 0 Å². The number of fused-ring (bicyclic) bond motifs is 1. The molecule has 3 atom stereocenters. The Bertz CT molecular complexity index is 703. The first-order chi connectivity index (χ1) is 11.8. The largest absolute Gasteiger partial charge is 0.416 e. The second-order valence-corrected chi connectivity index (χ2v) is 6.11. The van der Waals surface area contributed by atoms with Gasteiger partial charge in [-0.1, -0.05) is 0 Å². The van der Waals surface area contributed by atoms with Gasteiger partial charge in [0.25, 0.3) is 0 Å². The number of piperidine rings is 2. The van der Waals surface area contributed by atoms with Crippen molar-refractivity contribution in [1.29, 1.82) is 0 Å². The molecule has 2 heterocycles. The molecule has 0 bridgehead atoms. The number of hydrogen-bond donors (Lipinski definition) is 3. The van der Waals surface area contributed by atoms with Crippen LogP contribution < -0.4 is 16.0 Å². The molecule has 1 aromatic rings. The van der Waals surface area contributed by atoms with Crippen molar-refractivity contribution in [1.82, 2.24) is 10.6 Å². The van der Waals surface area contributed by atoms with Gasteiger partial charge in [-0.05, 0) is 37.2 Å². The van der Waals surface area contributed by atoms with Crippen LogP contribution in [0.2, 0.25) is 0 Å². The van der Waals surface area contributed by atoms with Gasteiger partial charge in [0.2, 0.25) is 11.8 Å². The standard InChI is InChI=1S/C16H16F3N3O3/c17-16(18,19)8-1-3-9(4-2-8)21-14(24)12-13(23)10-5-6-20-7-11(10)22-15(12)25/h1-4,10-12,20H,5-7H2,(H,21,24)(H,22,25). The molecular formula is C16H16F3N3O3. The molecule has 0 aromatic heterocycles. The van der Waals surface area contributed by atoms with Crippen molar-refractivity contribution in [2.75, 3.05) is 18.4 Å². The van der Waals surface area contributed by atoms with E-state index in [1.54, 1.807) is 0 Å². The monoisotopic (exact) mass is 355 g/mol. The molecule has 2 aliphatic heterocycles. The second-order valence-electron chi connectivity index (χ2n) is 6.11. The Balaban J connectivity index is 1.72. The Morgan fingerprint density at radius 3 is 2.48 bits per heavy atom. The minimum absolute atomic E-state index is 0.0889. The number of nitrogens with one attached hydrogen (secondary N) is 3. The van der Waals surface area contributed by atoms with E-state index in [4.69, 9.17) is 0 Å². The van der Waals surface area contributed by atoms with Crippen LogP contribution in [0.1, 0.15) is 12.0 Å². The van der Waals surface area contributed by atoms with Crippen molar-refractivity contribution in [3.63, 3.8) is 0 Å². The van der Waals surface area contributed by atoms with Crippen LogP contribution >= 0.6 is 0 Å². The lowest BCUT2D eigenvalue weighted by Crippen LogP contribution is -2.63. The molecule has 2 aliphatic rings. The van der Waals surface area contributed by atoms with Crippen LogP contribution in [-0.2, 0) is 20.6 Å². The Morgan fingerprint density at radius 2 is 1.84 bits per heavy atom. The summed E-state index contributed by atoms with van der Waals surface area (Å²) in [6.07, 6.45) is -3.96. The van der Waals surface area contributed by atoms with Crippen molar-refractivity contribution in [2.45, 2.75) is 18.6 Å². The predicted molar refractivity (Wildman–Crippen MR) is 81.5 cm³/mol. The Morgan fingerprint density at radius 1 is 1.16 bits per heavy atom. The van der Waals surface area contributed by atoms with E-state index in [0.29, 0.717) is 19.5 Å². The van der Waals surface area contributed by atoms with Gasteiger partial charge in [-0.15, -0.1) is 0 Å². The van der Waals surface area contributed by atoms with Gasteiger partial charge in [-0.3, -0.25) is 14.4 Å². The molecule has 0 radical (unpaired) electrons. The SMILES string of the molecule is O=C(Nc1ccc(C(F)(F)F)cc1)C1C(=O)NC2CNCCC2C1=O. The molecule has 3 rings (SSSR count). The topological polar surface area (TPSA) is 87.3 Å². The number of rotatable bonds is 2. The maximum atomic E-state index is 12.5. The molecule has 1 aromatic carbocycles. The number of ketones is 1. The fraction of sp³-hybridized carbons (Fsp3) is 0.438. The lowest BCUT2D eigenvalue weighted by atomic mass is 9.78. The summed E-state index contributed by atoms with van der Waals surface area (Å²) in [5.74, 6) is -3.87. The molecule has 9 heteroatoms. The molecule has 3 N–H and O–H groups in total. The van der Waals surface area contributed by atoms with Crippen LogP contribution in [0.5, 0.6) is 0 Å². The van der Waals surface area contributed by atoms with E-state index < -0.39 is 41.2 Å². The summed E-state index contributed by atoms with van der Waals surface area (Å²) < 4.78 is 37.6.